The Morgan fingerprint density at radius 1 is 1.00 bits per heavy atom. The molecule has 0 atom stereocenters. The van der Waals surface area contributed by atoms with Crippen LogP contribution in [0.1, 0.15) is 30.8 Å². The van der Waals surface area contributed by atoms with Gasteiger partial charge in [-0.25, -0.2) is 4.58 Å². The van der Waals surface area contributed by atoms with Gasteiger partial charge in [0, 0.05) is 25.0 Å². The highest BCUT2D eigenvalue weighted by atomic mass is 127. The van der Waals surface area contributed by atoms with E-state index in [1.807, 2.05) is 13.8 Å². The van der Waals surface area contributed by atoms with Gasteiger partial charge in [0.1, 0.15) is 24.6 Å². The zero-order valence-electron chi connectivity index (χ0n) is 9.42. The van der Waals surface area contributed by atoms with E-state index in [4.69, 9.17) is 4.42 Å². The Labute approximate surface area is 108 Å². The van der Waals surface area contributed by atoms with E-state index >= 15 is 0 Å². The van der Waals surface area contributed by atoms with Crippen molar-refractivity contribution in [1.29, 1.82) is 0 Å². The molecule has 0 unspecified atom stereocenters. The number of halogens is 1. The Kier molecular flexibility index (Phi) is 4.83. The van der Waals surface area contributed by atoms with Crippen LogP contribution in [0.2, 0.25) is 0 Å². The van der Waals surface area contributed by atoms with Crippen molar-refractivity contribution in [3.8, 4) is 0 Å². The van der Waals surface area contributed by atoms with Gasteiger partial charge in [-0.1, -0.05) is 0 Å². The summed E-state index contributed by atoms with van der Waals surface area (Å²) >= 11 is 0. The van der Waals surface area contributed by atoms with Gasteiger partial charge < -0.3 is 28.4 Å². The molecule has 0 aliphatic carbocycles. The van der Waals surface area contributed by atoms with Crippen LogP contribution < -0.4 is 33.9 Å². The molecule has 1 saturated heterocycles. The molecule has 1 aromatic heterocycles. The van der Waals surface area contributed by atoms with Gasteiger partial charge in [-0.2, -0.15) is 0 Å². The molecule has 2 heterocycles. The summed E-state index contributed by atoms with van der Waals surface area (Å²) in [5.74, 6) is 2.01. The highest BCUT2D eigenvalue weighted by Crippen LogP contribution is 2.02. The minimum atomic E-state index is 0. The Balaban J connectivity index is 0.00000112. The molecule has 1 aliphatic heterocycles. The first kappa shape index (κ1) is 12.7. The summed E-state index contributed by atoms with van der Waals surface area (Å²) < 4.78 is 7.94. The van der Waals surface area contributed by atoms with Crippen LogP contribution in [0, 0.1) is 13.8 Å². The lowest BCUT2D eigenvalue weighted by atomic mass is 10.1. The maximum Gasteiger partial charge on any atom is 0.206 e. The molecule has 15 heavy (non-hydrogen) atoms. The van der Waals surface area contributed by atoms with Crippen LogP contribution in [0.3, 0.4) is 0 Å². The third kappa shape index (κ3) is 3.33. The Bertz CT molecular complexity index is 364. The van der Waals surface area contributed by atoms with Crippen molar-refractivity contribution in [3.05, 3.63) is 29.0 Å². The summed E-state index contributed by atoms with van der Waals surface area (Å²) in [5, 5.41) is 1.32. The van der Waals surface area contributed by atoms with Gasteiger partial charge in [0.05, 0.1) is 0 Å². The fourth-order valence-electron chi connectivity index (χ4n) is 2.11. The molecule has 2 nitrogen and oxygen atoms in total. The lowest BCUT2D eigenvalue weighted by molar-refractivity contribution is -0.00000388. The first-order valence-electron chi connectivity index (χ1n) is 5.42. The predicted octanol–water partition coefficient (Wildman–Crippen LogP) is -1.14. The van der Waals surface area contributed by atoms with Crippen LogP contribution in [0.15, 0.2) is 16.5 Å². The average molecular weight is 319 g/mol. The molecule has 0 amide bonds. The van der Waals surface area contributed by atoms with Crippen molar-refractivity contribution >= 4 is 0 Å². The van der Waals surface area contributed by atoms with E-state index in [9.17, 15) is 0 Å². The van der Waals surface area contributed by atoms with Crippen molar-refractivity contribution in [3.63, 3.8) is 0 Å². The van der Waals surface area contributed by atoms with E-state index in [-0.39, 0.29) is 24.0 Å². The molecule has 0 spiro atoms. The second-order valence-electron chi connectivity index (χ2n) is 4.08. The molecule has 1 aromatic rings. The van der Waals surface area contributed by atoms with Gasteiger partial charge in [0.25, 0.3) is 0 Å². The van der Waals surface area contributed by atoms with E-state index < -0.39 is 0 Å². The van der Waals surface area contributed by atoms with Crippen LogP contribution in [-0.4, -0.2) is 13.1 Å². The van der Waals surface area contributed by atoms with Gasteiger partial charge in [-0.05, 0) is 20.3 Å². The zero-order chi connectivity index (χ0) is 9.97. The van der Waals surface area contributed by atoms with E-state index in [0.29, 0.717) is 0 Å². The molecule has 1 aliphatic rings. The third-order valence-electron chi connectivity index (χ3n) is 2.75. The third-order valence-corrected chi connectivity index (χ3v) is 2.75. The summed E-state index contributed by atoms with van der Waals surface area (Å²) in [5.41, 5.74) is 0. The standard InChI is InChI=1S/C12H18NO.HI/c1-10-8-12(9-11(2)14-10)13-6-4-3-5-7-13;/h8-9H,3-7H2,1-2H3;1H/q+1;/p-1. The maximum atomic E-state index is 5.48. The highest BCUT2D eigenvalue weighted by Gasteiger charge is 2.11. The normalized spacial score (nSPS) is 16.0. The van der Waals surface area contributed by atoms with Crippen molar-refractivity contribution in [2.75, 3.05) is 13.1 Å². The van der Waals surface area contributed by atoms with Gasteiger partial charge in [0.2, 0.25) is 5.36 Å². The predicted molar refractivity (Wildman–Crippen MR) is 57.0 cm³/mol. The number of hydrogen-bond acceptors (Lipinski definition) is 1. The zero-order valence-corrected chi connectivity index (χ0v) is 11.6. The van der Waals surface area contributed by atoms with E-state index in [1.165, 1.54) is 37.7 Å². The monoisotopic (exact) mass is 319 g/mol. The van der Waals surface area contributed by atoms with Gasteiger partial charge in [-0.15, -0.1) is 0 Å². The van der Waals surface area contributed by atoms with Crippen LogP contribution in [0.5, 0.6) is 0 Å². The summed E-state index contributed by atoms with van der Waals surface area (Å²) in [6, 6.07) is 4.27. The number of piperidine rings is 1. The van der Waals surface area contributed by atoms with Crippen LogP contribution in [0.4, 0.5) is 0 Å². The maximum absolute atomic E-state index is 5.48. The molecule has 3 heteroatoms. The van der Waals surface area contributed by atoms with E-state index in [2.05, 4.69) is 16.7 Å². The smallest absolute Gasteiger partial charge is 0.206 e. The minimum Gasteiger partial charge on any atom is -1.00 e. The molecule has 0 radical (unpaired) electrons. The molecule has 1 fully saturated rings. The Hall–Kier alpha value is -0.320. The fourth-order valence-corrected chi connectivity index (χ4v) is 2.11. The van der Waals surface area contributed by atoms with Crippen LogP contribution in [0.25, 0.3) is 0 Å². The summed E-state index contributed by atoms with van der Waals surface area (Å²) in [6.45, 7) is 6.42. The van der Waals surface area contributed by atoms with Gasteiger partial charge >= 0.3 is 0 Å². The Morgan fingerprint density at radius 2 is 1.53 bits per heavy atom. The second kappa shape index (κ2) is 5.68. The quantitative estimate of drug-likeness (QED) is 0.436. The summed E-state index contributed by atoms with van der Waals surface area (Å²) in [4.78, 5) is 0. The number of rotatable bonds is 0. The van der Waals surface area contributed by atoms with E-state index in [1.54, 1.807) is 0 Å². The average Bonchev–Trinajstić information content (AvgIpc) is 2.18. The Morgan fingerprint density at radius 3 is 2.07 bits per heavy atom. The van der Waals surface area contributed by atoms with Gasteiger partial charge in [0.15, 0.2) is 0 Å². The van der Waals surface area contributed by atoms with Crippen molar-refractivity contribution in [1.82, 2.24) is 4.58 Å². The topological polar surface area (TPSA) is 16.1 Å². The van der Waals surface area contributed by atoms with Crippen LogP contribution >= 0.6 is 0 Å². The van der Waals surface area contributed by atoms with Crippen molar-refractivity contribution < 1.29 is 28.4 Å². The van der Waals surface area contributed by atoms with Crippen molar-refractivity contribution in [2.24, 2.45) is 0 Å². The lowest BCUT2D eigenvalue weighted by Crippen LogP contribution is -3.00. The molecule has 0 bridgehead atoms. The first-order valence-corrected chi connectivity index (χ1v) is 5.42. The van der Waals surface area contributed by atoms with E-state index in [0.717, 1.165) is 11.5 Å². The SMILES string of the molecule is Cc1cc(=[N+]2CCCCC2)cc(C)o1.[I-]. The largest absolute Gasteiger partial charge is 1.00 e. The molecule has 0 saturated carbocycles. The molecule has 0 N–H and O–H groups in total. The van der Waals surface area contributed by atoms with Gasteiger partial charge in [-0.3, -0.25) is 0 Å². The summed E-state index contributed by atoms with van der Waals surface area (Å²) in [7, 11) is 0. The molecule has 0 aromatic carbocycles. The number of aryl methyl sites for hydroxylation is 2. The van der Waals surface area contributed by atoms with Crippen molar-refractivity contribution in [2.45, 2.75) is 33.1 Å². The van der Waals surface area contributed by atoms with Crippen LogP contribution in [-0.2, 0) is 0 Å². The molecular weight excluding hydrogens is 301 g/mol. The summed E-state index contributed by atoms with van der Waals surface area (Å²) in [6.07, 6.45) is 4.03. The molecule has 84 valence electrons. The second-order valence-corrected chi connectivity index (χ2v) is 4.08. The fraction of sp³-hybridized carbons (Fsp3) is 0.583. The molecule has 2 rings (SSSR count). The highest BCUT2D eigenvalue weighted by molar-refractivity contribution is 5.03. The lowest BCUT2D eigenvalue weighted by Gasteiger charge is -2.09. The minimum absolute atomic E-state index is 0. The number of nitrogens with zero attached hydrogens (tertiary/aromatic N) is 1. The number of hydrogen-bond donors (Lipinski definition) is 0. The first-order chi connectivity index (χ1) is 6.75. The molecular formula is C12H18INO.